The highest BCUT2D eigenvalue weighted by Gasteiger charge is 2.37. The first-order valence-corrected chi connectivity index (χ1v) is 11.5. The van der Waals surface area contributed by atoms with Crippen molar-refractivity contribution in [2.75, 3.05) is 18.4 Å². The Balaban J connectivity index is 1.28. The van der Waals surface area contributed by atoms with Crippen LogP contribution in [0.5, 0.6) is 0 Å². The largest absolute Gasteiger partial charge is 0.361 e. The minimum Gasteiger partial charge on any atom is -0.361 e. The van der Waals surface area contributed by atoms with Crippen molar-refractivity contribution in [1.82, 2.24) is 19.7 Å². The Morgan fingerprint density at radius 2 is 1.97 bits per heavy atom. The molecule has 2 aliphatic rings. The normalized spacial score (nSPS) is 22.3. The lowest BCUT2D eigenvalue weighted by atomic mass is 9.90. The molecule has 0 amide bonds. The number of ketones is 1. The summed E-state index contributed by atoms with van der Waals surface area (Å²) < 4.78 is 1.98. The van der Waals surface area contributed by atoms with Gasteiger partial charge in [0.15, 0.2) is 5.78 Å². The lowest BCUT2D eigenvalue weighted by Gasteiger charge is -2.38. The van der Waals surface area contributed by atoms with Crippen LogP contribution in [-0.4, -0.2) is 38.5 Å². The summed E-state index contributed by atoms with van der Waals surface area (Å²) in [6.45, 7) is 7.32. The number of carbonyl (C=O) groups excluding carboxylic acids is 1. The summed E-state index contributed by atoms with van der Waals surface area (Å²) in [7, 11) is 0. The molecular formula is C26H31N5O. The van der Waals surface area contributed by atoms with Crippen molar-refractivity contribution in [2.24, 2.45) is 5.92 Å². The minimum atomic E-state index is -0.193. The van der Waals surface area contributed by atoms with E-state index in [0.29, 0.717) is 17.9 Å². The Morgan fingerprint density at radius 1 is 1.16 bits per heavy atom. The molecule has 2 unspecified atom stereocenters. The molecule has 0 saturated carbocycles. The molecule has 6 heteroatoms. The molecule has 0 spiro atoms. The van der Waals surface area contributed by atoms with Crippen molar-refractivity contribution < 1.29 is 4.79 Å². The van der Waals surface area contributed by atoms with E-state index < -0.39 is 0 Å². The van der Waals surface area contributed by atoms with Crippen molar-refractivity contribution in [3.05, 3.63) is 77.7 Å². The highest BCUT2D eigenvalue weighted by molar-refractivity contribution is 6.00. The van der Waals surface area contributed by atoms with Gasteiger partial charge in [0, 0.05) is 25.7 Å². The number of hydrogen-bond donors (Lipinski definition) is 1. The molecule has 2 aromatic heterocycles. The summed E-state index contributed by atoms with van der Waals surface area (Å²) in [4.78, 5) is 20.3. The van der Waals surface area contributed by atoms with Gasteiger partial charge in [0.1, 0.15) is 5.82 Å². The smallest absolute Gasteiger partial charge is 0.168 e. The number of benzene rings is 1. The number of carbonyl (C=O) groups is 1. The molecule has 1 saturated heterocycles. The van der Waals surface area contributed by atoms with E-state index in [1.165, 1.54) is 5.56 Å². The lowest BCUT2D eigenvalue weighted by Crippen LogP contribution is -2.38. The summed E-state index contributed by atoms with van der Waals surface area (Å²) in [6, 6.07) is 16.6. The van der Waals surface area contributed by atoms with E-state index in [2.05, 4.69) is 64.5 Å². The Bertz CT molecular complexity index is 1080. The predicted octanol–water partition coefficient (Wildman–Crippen LogP) is 4.67. The monoisotopic (exact) mass is 429 g/mol. The molecule has 0 bridgehead atoms. The number of rotatable bonds is 6. The maximum absolute atomic E-state index is 13.3. The van der Waals surface area contributed by atoms with Crippen LogP contribution in [0, 0.1) is 5.92 Å². The Morgan fingerprint density at radius 3 is 2.75 bits per heavy atom. The van der Waals surface area contributed by atoms with Crippen molar-refractivity contribution >= 4 is 11.6 Å². The van der Waals surface area contributed by atoms with Crippen LogP contribution in [-0.2, 0) is 12.1 Å². The molecule has 2 atom stereocenters. The molecule has 1 fully saturated rings. The fourth-order valence-corrected chi connectivity index (χ4v) is 5.15. The van der Waals surface area contributed by atoms with Crippen LogP contribution in [0.2, 0.25) is 0 Å². The second-order valence-corrected chi connectivity index (χ2v) is 9.79. The third kappa shape index (κ3) is 4.19. The van der Waals surface area contributed by atoms with Crippen molar-refractivity contribution in [2.45, 2.75) is 51.2 Å². The SMILES string of the molecule is CC1(C)CC(c2ccccn2)Nc2c(C(=O)CC3CCN(Cc4ccccc4)C3)cnn21. The van der Waals surface area contributed by atoms with Gasteiger partial charge in [0.05, 0.1) is 29.0 Å². The molecule has 5 rings (SSSR count). The molecule has 32 heavy (non-hydrogen) atoms. The van der Waals surface area contributed by atoms with Crippen LogP contribution in [0.3, 0.4) is 0 Å². The van der Waals surface area contributed by atoms with E-state index in [1.807, 2.05) is 29.1 Å². The molecular weight excluding hydrogens is 398 g/mol. The second-order valence-electron chi connectivity index (χ2n) is 9.79. The number of Topliss-reactive ketones (excluding diaryl/α,β-unsaturated/α-hetero) is 1. The number of anilines is 1. The molecule has 2 aliphatic heterocycles. The van der Waals surface area contributed by atoms with Gasteiger partial charge < -0.3 is 5.32 Å². The summed E-state index contributed by atoms with van der Waals surface area (Å²) in [5, 5.41) is 8.18. The maximum atomic E-state index is 13.3. The van der Waals surface area contributed by atoms with E-state index in [4.69, 9.17) is 0 Å². The number of nitrogens with zero attached hydrogens (tertiary/aromatic N) is 4. The Kier molecular flexibility index (Phi) is 5.55. The van der Waals surface area contributed by atoms with Crippen molar-refractivity contribution in [3.63, 3.8) is 0 Å². The third-order valence-corrected chi connectivity index (χ3v) is 6.80. The number of pyridine rings is 1. The number of fused-ring (bicyclic) bond motifs is 1. The highest BCUT2D eigenvalue weighted by atomic mass is 16.1. The first-order chi connectivity index (χ1) is 15.5. The predicted molar refractivity (Wildman–Crippen MR) is 126 cm³/mol. The fourth-order valence-electron chi connectivity index (χ4n) is 5.15. The van der Waals surface area contributed by atoms with Gasteiger partial charge in [-0.2, -0.15) is 5.10 Å². The van der Waals surface area contributed by atoms with Crippen LogP contribution < -0.4 is 5.32 Å². The summed E-state index contributed by atoms with van der Waals surface area (Å²) in [5.41, 5.74) is 2.84. The lowest BCUT2D eigenvalue weighted by molar-refractivity contribution is 0.0962. The van der Waals surface area contributed by atoms with Crippen LogP contribution in [0.4, 0.5) is 5.82 Å². The van der Waals surface area contributed by atoms with E-state index in [1.54, 1.807) is 6.20 Å². The van der Waals surface area contributed by atoms with E-state index in [0.717, 1.165) is 44.0 Å². The van der Waals surface area contributed by atoms with E-state index in [9.17, 15) is 4.79 Å². The molecule has 3 aromatic rings. The molecule has 4 heterocycles. The molecule has 1 aromatic carbocycles. The van der Waals surface area contributed by atoms with Gasteiger partial charge in [0.2, 0.25) is 0 Å². The van der Waals surface area contributed by atoms with Gasteiger partial charge in [-0.1, -0.05) is 36.4 Å². The van der Waals surface area contributed by atoms with Crippen molar-refractivity contribution in [3.8, 4) is 0 Å². The van der Waals surface area contributed by atoms with Crippen LogP contribution >= 0.6 is 0 Å². The van der Waals surface area contributed by atoms with Gasteiger partial charge in [-0.3, -0.25) is 14.7 Å². The fraction of sp³-hybridized carbons (Fsp3) is 0.423. The zero-order valence-electron chi connectivity index (χ0n) is 18.9. The Hall–Kier alpha value is -2.99. The Labute approximate surface area is 189 Å². The quantitative estimate of drug-likeness (QED) is 0.577. The van der Waals surface area contributed by atoms with Gasteiger partial charge in [0.25, 0.3) is 0 Å². The molecule has 166 valence electrons. The third-order valence-electron chi connectivity index (χ3n) is 6.80. The number of hydrogen-bond acceptors (Lipinski definition) is 5. The second kappa shape index (κ2) is 8.51. The molecule has 0 radical (unpaired) electrons. The maximum Gasteiger partial charge on any atom is 0.168 e. The van der Waals surface area contributed by atoms with Crippen LogP contribution in [0.1, 0.15) is 60.8 Å². The number of likely N-dealkylation sites (tertiary alicyclic amines) is 1. The molecule has 6 nitrogen and oxygen atoms in total. The summed E-state index contributed by atoms with van der Waals surface area (Å²) in [5.74, 6) is 1.41. The van der Waals surface area contributed by atoms with Crippen molar-refractivity contribution in [1.29, 1.82) is 0 Å². The first kappa shape index (κ1) is 20.9. The van der Waals surface area contributed by atoms with Gasteiger partial charge in [-0.05, 0) is 56.8 Å². The standard InChI is InChI=1S/C26H31N5O/c1-26(2)15-23(22-10-6-7-12-27-22)29-25-21(16-28-31(25)26)24(32)14-20-11-13-30(18-20)17-19-8-4-3-5-9-19/h3-10,12,16,20,23,29H,11,13-15,17-18H2,1-2H3. The zero-order chi connectivity index (χ0) is 22.1. The number of aromatic nitrogens is 3. The van der Waals surface area contributed by atoms with E-state index in [-0.39, 0.29) is 17.4 Å². The first-order valence-electron chi connectivity index (χ1n) is 11.5. The molecule has 1 N–H and O–H groups in total. The van der Waals surface area contributed by atoms with Gasteiger partial charge >= 0.3 is 0 Å². The van der Waals surface area contributed by atoms with Gasteiger partial charge in [-0.25, -0.2) is 4.68 Å². The number of nitrogens with one attached hydrogen (secondary N) is 1. The minimum absolute atomic E-state index is 0.0646. The molecule has 0 aliphatic carbocycles. The highest BCUT2D eigenvalue weighted by Crippen LogP contribution is 2.40. The van der Waals surface area contributed by atoms with Crippen LogP contribution in [0.25, 0.3) is 0 Å². The average Bonchev–Trinajstić information content (AvgIpc) is 3.42. The van der Waals surface area contributed by atoms with Gasteiger partial charge in [-0.15, -0.1) is 0 Å². The zero-order valence-corrected chi connectivity index (χ0v) is 18.9. The topological polar surface area (TPSA) is 63.1 Å². The summed E-state index contributed by atoms with van der Waals surface area (Å²) in [6.07, 6.45) is 6.08. The van der Waals surface area contributed by atoms with Crippen LogP contribution in [0.15, 0.2) is 60.9 Å². The average molecular weight is 430 g/mol. The summed E-state index contributed by atoms with van der Waals surface area (Å²) >= 11 is 0. The van der Waals surface area contributed by atoms with E-state index >= 15 is 0 Å².